The van der Waals surface area contributed by atoms with E-state index >= 15 is 0 Å². The lowest BCUT2D eigenvalue weighted by molar-refractivity contribution is 0.577. The van der Waals surface area contributed by atoms with Gasteiger partial charge in [0.1, 0.15) is 6.33 Å². The van der Waals surface area contributed by atoms with Crippen molar-refractivity contribution < 1.29 is 0 Å². The second-order valence-electron chi connectivity index (χ2n) is 4.52. The Balaban J connectivity index is 2.29. The Morgan fingerprint density at radius 2 is 2.22 bits per heavy atom. The molecule has 0 aliphatic heterocycles. The summed E-state index contributed by atoms with van der Waals surface area (Å²) in [6.07, 6.45) is 4.83. The molecular weight excluding hydrogens is 228 g/mol. The number of nitrogens with one attached hydrogen (secondary N) is 1. The lowest BCUT2D eigenvalue weighted by atomic mass is 10.3. The lowest BCUT2D eigenvalue weighted by Gasteiger charge is -2.15. The Morgan fingerprint density at radius 3 is 2.83 bits per heavy atom. The van der Waals surface area contributed by atoms with Gasteiger partial charge in [-0.25, -0.2) is 4.98 Å². The quantitative estimate of drug-likeness (QED) is 0.875. The number of anilines is 1. The van der Waals surface area contributed by atoms with Gasteiger partial charge in [-0.05, 0) is 20.3 Å². The van der Waals surface area contributed by atoms with Gasteiger partial charge >= 0.3 is 0 Å². The highest BCUT2D eigenvalue weighted by atomic mass is 15.3. The summed E-state index contributed by atoms with van der Waals surface area (Å²) in [5, 5.41) is 11.4. The van der Waals surface area contributed by atoms with Crippen LogP contribution in [0.4, 0.5) is 5.95 Å². The molecule has 6 heteroatoms. The molecule has 1 atom stereocenters. The highest BCUT2D eigenvalue weighted by molar-refractivity contribution is 5.30. The summed E-state index contributed by atoms with van der Waals surface area (Å²) in [5.41, 5.74) is 1.00. The molecular formula is C12H20N6. The van der Waals surface area contributed by atoms with Crippen LogP contribution in [-0.4, -0.2) is 30.9 Å². The van der Waals surface area contributed by atoms with Crippen molar-refractivity contribution in [3.63, 3.8) is 0 Å². The van der Waals surface area contributed by atoms with Crippen molar-refractivity contribution in [3.05, 3.63) is 24.0 Å². The summed E-state index contributed by atoms with van der Waals surface area (Å²) in [6.45, 7) is 7.15. The number of aryl methyl sites for hydroxylation is 2. The maximum Gasteiger partial charge on any atom is 0.203 e. The molecule has 0 radical (unpaired) electrons. The Morgan fingerprint density at radius 1 is 1.44 bits per heavy atom. The maximum atomic E-state index is 4.50. The Labute approximate surface area is 107 Å². The molecule has 98 valence electrons. The summed E-state index contributed by atoms with van der Waals surface area (Å²) >= 11 is 0. The van der Waals surface area contributed by atoms with Crippen molar-refractivity contribution in [1.82, 2.24) is 24.3 Å². The molecule has 0 amide bonds. The fourth-order valence-corrected chi connectivity index (χ4v) is 1.97. The molecule has 0 saturated carbocycles. The van der Waals surface area contributed by atoms with Gasteiger partial charge in [-0.15, -0.1) is 10.2 Å². The first kappa shape index (κ1) is 12.6. The van der Waals surface area contributed by atoms with E-state index in [1.165, 1.54) is 0 Å². The number of rotatable bonds is 5. The molecule has 1 unspecified atom stereocenters. The SMILES string of the molecule is CCCNc1nc(C)cn1C(C)c1nncn1C. The van der Waals surface area contributed by atoms with E-state index in [0.717, 1.165) is 30.4 Å². The highest BCUT2D eigenvalue weighted by Gasteiger charge is 2.17. The third-order valence-electron chi connectivity index (χ3n) is 2.92. The van der Waals surface area contributed by atoms with Crippen molar-refractivity contribution in [1.29, 1.82) is 0 Å². The van der Waals surface area contributed by atoms with Crippen molar-refractivity contribution in [2.45, 2.75) is 33.2 Å². The van der Waals surface area contributed by atoms with Crippen molar-refractivity contribution in [3.8, 4) is 0 Å². The summed E-state index contributed by atoms with van der Waals surface area (Å²) in [5.74, 6) is 1.82. The van der Waals surface area contributed by atoms with Crippen LogP contribution in [-0.2, 0) is 7.05 Å². The number of imidazole rings is 1. The minimum Gasteiger partial charge on any atom is -0.356 e. The van der Waals surface area contributed by atoms with Gasteiger partial charge in [0.25, 0.3) is 0 Å². The number of hydrogen-bond acceptors (Lipinski definition) is 4. The van der Waals surface area contributed by atoms with Gasteiger partial charge in [-0.3, -0.25) is 0 Å². The van der Waals surface area contributed by atoms with Crippen LogP contribution < -0.4 is 5.32 Å². The van der Waals surface area contributed by atoms with E-state index in [0.29, 0.717) is 0 Å². The zero-order valence-corrected chi connectivity index (χ0v) is 11.4. The lowest BCUT2D eigenvalue weighted by Crippen LogP contribution is -2.15. The Hall–Kier alpha value is -1.85. The van der Waals surface area contributed by atoms with Gasteiger partial charge in [0.15, 0.2) is 5.82 Å². The minimum atomic E-state index is 0.109. The zero-order chi connectivity index (χ0) is 13.1. The molecule has 0 bridgehead atoms. The Bertz CT molecular complexity index is 512. The summed E-state index contributed by atoms with van der Waals surface area (Å²) < 4.78 is 4.04. The average Bonchev–Trinajstić information content (AvgIpc) is 2.92. The van der Waals surface area contributed by atoms with E-state index in [-0.39, 0.29) is 6.04 Å². The summed E-state index contributed by atoms with van der Waals surface area (Å²) in [6, 6.07) is 0.109. The van der Waals surface area contributed by atoms with Gasteiger partial charge in [0.2, 0.25) is 5.95 Å². The molecule has 0 aliphatic rings. The first-order valence-corrected chi connectivity index (χ1v) is 6.26. The van der Waals surface area contributed by atoms with Crippen LogP contribution in [0.5, 0.6) is 0 Å². The van der Waals surface area contributed by atoms with E-state index in [1.807, 2.05) is 24.7 Å². The van der Waals surface area contributed by atoms with Gasteiger partial charge in [-0.2, -0.15) is 0 Å². The summed E-state index contributed by atoms with van der Waals surface area (Å²) in [7, 11) is 1.95. The predicted octanol–water partition coefficient (Wildman–Crippen LogP) is 1.75. The first-order chi connectivity index (χ1) is 8.63. The fourth-order valence-electron chi connectivity index (χ4n) is 1.97. The smallest absolute Gasteiger partial charge is 0.203 e. The highest BCUT2D eigenvalue weighted by Crippen LogP contribution is 2.20. The normalized spacial score (nSPS) is 12.7. The molecule has 6 nitrogen and oxygen atoms in total. The van der Waals surface area contributed by atoms with Crippen LogP contribution in [0.15, 0.2) is 12.5 Å². The van der Waals surface area contributed by atoms with Crippen LogP contribution >= 0.6 is 0 Å². The maximum absolute atomic E-state index is 4.50. The van der Waals surface area contributed by atoms with Crippen LogP contribution in [0.3, 0.4) is 0 Å². The third kappa shape index (κ3) is 2.37. The van der Waals surface area contributed by atoms with Gasteiger partial charge in [-0.1, -0.05) is 6.92 Å². The molecule has 0 aromatic carbocycles. The molecule has 0 spiro atoms. The van der Waals surface area contributed by atoms with Crippen LogP contribution in [0.2, 0.25) is 0 Å². The van der Waals surface area contributed by atoms with E-state index in [9.17, 15) is 0 Å². The second-order valence-corrected chi connectivity index (χ2v) is 4.52. The molecule has 0 aliphatic carbocycles. The van der Waals surface area contributed by atoms with E-state index < -0.39 is 0 Å². The zero-order valence-electron chi connectivity index (χ0n) is 11.4. The number of nitrogens with zero attached hydrogens (tertiary/aromatic N) is 5. The third-order valence-corrected chi connectivity index (χ3v) is 2.92. The van der Waals surface area contributed by atoms with Crippen LogP contribution in [0.25, 0.3) is 0 Å². The number of hydrogen-bond donors (Lipinski definition) is 1. The van der Waals surface area contributed by atoms with Crippen molar-refractivity contribution in [2.75, 3.05) is 11.9 Å². The number of aromatic nitrogens is 5. The first-order valence-electron chi connectivity index (χ1n) is 6.26. The molecule has 1 N–H and O–H groups in total. The van der Waals surface area contributed by atoms with Crippen molar-refractivity contribution >= 4 is 5.95 Å². The summed E-state index contributed by atoms with van der Waals surface area (Å²) in [4.78, 5) is 4.50. The van der Waals surface area contributed by atoms with Crippen LogP contribution in [0, 0.1) is 6.92 Å². The molecule has 0 saturated heterocycles. The fraction of sp³-hybridized carbons (Fsp3) is 0.583. The van der Waals surface area contributed by atoms with Crippen molar-refractivity contribution in [2.24, 2.45) is 7.05 Å². The standard InChI is InChI=1S/C12H20N6/c1-5-6-13-12-15-9(2)7-18(12)10(3)11-16-14-8-17(11)4/h7-8,10H,5-6H2,1-4H3,(H,13,15). The van der Waals surface area contributed by atoms with E-state index in [1.54, 1.807) is 6.33 Å². The largest absolute Gasteiger partial charge is 0.356 e. The second kappa shape index (κ2) is 5.20. The average molecular weight is 248 g/mol. The minimum absolute atomic E-state index is 0.109. The van der Waals surface area contributed by atoms with Gasteiger partial charge < -0.3 is 14.5 Å². The monoisotopic (exact) mass is 248 g/mol. The van der Waals surface area contributed by atoms with E-state index in [4.69, 9.17) is 0 Å². The molecule has 0 fully saturated rings. The Kier molecular flexibility index (Phi) is 3.64. The van der Waals surface area contributed by atoms with Crippen LogP contribution in [0.1, 0.15) is 37.8 Å². The molecule has 2 rings (SSSR count). The van der Waals surface area contributed by atoms with Gasteiger partial charge in [0.05, 0.1) is 11.7 Å². The molecule has 18 heavy (non-hydrogen) atoms. The van der Waals surface area contributed by atoms with Gasteiger partial charge in [0, 0.05) is 19.8 Å². The van der Waals surface area contributed by atoms with E-state index in [2.05, 4.69) is 38.9 Å². The predicted molar refractivity (Wildman–Crippen MR) is 70.6 cm³/mol. The topological polar surface area (TPSA) is 60.6 Å². The molecule has 2 aromatic rings. The molecule has 2 aromatic heterocycles. The molecule has 2 heterocycles.